The van der Waals surface area contributed by atoms with Crippen LogP contribution in [0.1, 0.15) is 26.7 Å². The summed E-state index contributed by atoms with van der Waals surface area (Å²) in [5, 5.41) is 8.42. The fourth-order valence-corrected chi connectivity index (χ4v) is 1.91. The van der Waals surface area contributed by atoms with Gasteiger partial charge in [0.05, 0.1) is 16.3 Å². The van der Waals surface area contributed by atoms with Gasteiger partial charge < -0.3 is 9.47 Å². The molecule has 0 N–H and O–H groups in total. The monoisotopic (exact) mass is 187 g/mol. The van der Waals surface area contributed by atoms with E-state index < -0.39 is 5.41 Å². The Labute approximate surface area is 77.1 Å². The van der Waals surface area contributed by atoms with E-state index in [2.05, 4.69) is 6.07 Å². The molecule has 0 amide bonds. The number of hydrogen-bond acceptors (Lipinski definition) is 3. The van der Waals surface area contributed by atoms with Crippen LogP contribution in [0, 0.1) is 11.3 Å². The predicted molar refractivity (Wildman–Crippen MR) is 50.8 cm³/mol. The van der Waals surface area contributed by atoms with Crippen LogP contribution in [0.5, 0.6) is 0 Å². The Morgan fingerprint density at radius 3 is 2.17 bits per heavy atom. The zero-order valence-electron chi connectivity index (χ0n) is 8.09. The Bertz CT molecular complexity index is 150. The van der Waals surface area contributed by atoms with Crippen LogP contribution in [0.25, 0.3) is 0 Å². The number of nitriles is 1. The van der Waals surface area contributed by atoms with Gasteiger partial charge in [-0.05, 0) is 13.8 Å². The Morgan fingerprint density at radius 1 is 1.33 bits per heavy atom. The summed E-state index contributed by atoms with van der Waals surface area (Å²) in [7, 11) is 0.806. The number of nitrogens with zero attached hydrogens (tertiary/aromatic N) is 1. The second-order valence-electron chi connectivity index (χ2n) is 2.66. The van der Waals surface area contributed by atoms with Crippen molar-refractivity contribution in [3.63, 3.8) is 0 Å². The molecule has 0 aliphatic carbocycles. The smallest absolute Gasteiger partial charge is 0.142 e. The Kier molecular flexibility index (Phi) is 5.99. The SMILES string of the molecule is CCOC([SiH3])(CCC#N)OCC. The maximum absolute atomic E-state index is 8.42. The standard InChI is InChI=1S/C8H17NO2Si/c1-3-10-8(12,11-4-2)6-5-7-9/h3-6H2,1-2,12H3. The molecular weight excluding hydrogens is 170 g/mol. The Hall–Kier alpha value is -0.373. The number of rotatable bonds is 6. The van der Waals surface area contributed by atoms with Gasteiger partial charge in [0.15, 0.2) is 0 Å². The summed E-state index contributed by atoms with van der Waals surface area (Å²) in [4.78, 5) is 0. The molecule has 4 heteroatoms. The van der Waals surface area contributed by atoms with Gasteiger partial charge in [-0.25, -0.2) is 0 Å². The van der Waals surface area contributed by atoms with Crippen molar-refractivity contribution < 1.29 is 9.47 Å². The molecule has 0 saturated carbocycles. The third-order valence-corrected chi connectivity index (χ3v) is 2.67. The topological polar surface area (TPSA) is 42.2 Å². The van der Waals surface area contributed by atoms with E-state index in [1.54, 1.807) is 0 Å². The largest absolute Gasteiger partial charge is 0.355 e. The number of ether oxygens (including phenoxy) is 2. The second kappa shape index (κ2) is 6.18. The van der Waals surface area contributed by atoms with Gasteiger partial charge in [-0.1, -0.05) is 0 Å². The van der Waals surface area contributed by atoms with Crippen molar-refractivity contribution in [2.75, 3.05) is 13.2 Å². The van der Waals surface area contributed by atoms with Crippen molar-refractivity contribution in [2.24, 2.45) is 0 Å². The van der Waals surface area contributed by atoms with Gasteiger partial charge in [0, 0.05) is 26.1 Å². The van der Waals surface area contributed by atoms with E-state index in [1.165, 1.54) is 0 Å². The lowest BCUT2D eigenvalue weighted by Gasteiger charge is -2.28. The van der Waals surface area contributed by atoms with Crippen LogP contribution in [-0.4, -0.2) is 28.9 Å². The summed E-state index contributed by atoms with van der Waals surface area (Å²) in [5.41, 5.74) is -0.431. The minimum absolute atomic E-state index is 0.431. The van der Waals surface area contributed by atoms with Gasteiger partial charge in [-0.3, -0.25) is 0 Å². The zero-order chi connectivity index (χ0) is 9.45. The molecule has 0 aromatic heterocycles. The summed E-state index contributed by atoms with van der Waals surface area (Å²) >= 11 is 0. The fourth-order valence-electron chi connectivity index (χ4n) is 1.08. The lowest BCUT2D eigenvalue weighted by Crippen LogP contribution is -2.36. The van der Waals surface area contributed by atoms with Crippen molar-refractivity contribution in [3.05, 3.63) is 0 Å². The van der Waals surface area contributed by atoms with E-state index in [0.29, 0.717) is 26.1 Å². The van der Waals surface area contributed by atoms with E-state index in [-0.39, 0.29) is 0 Å². The molecule has 0 unspecified atom stereocenters. The minimum Gasteiger partial charge on any atom is -0.355 e. The summed E-state index contributed by atoms with van der Waals surface area (Å²) < 4.78 is 10.9. The summed E-state index contributed by atoms with van der Waals surface area (Å²) in [6.07, 6.45) is 1.20. The first-order valence-electron chi connectivity index (χ1n) is 4.33. The van der Waals surface area contributed by atoms with Crippen LogP contribution >= 0.6 is 0 Å². The van der Waals surface area contributed by atoms with Crippen LogP contribution in [0.15, 0.2) is 0 Å². The highest BCUT2D eigenvalue weighted by atomic mass is 28.1. The zero-order valence-corrected chi connectivity index (χ0v) is 10.1. The van der Waals surface area contributed by atoms with Gasteiger partial charge in [0.1, 0.15) is 5.41 Å². The van der Waals surface area contributed by atoms with Crippen molar-refractivity contribution in [2.45, 2.75) is 32.1 Å². The molecule has 0 atom stereocenters. The van der Waals surface area contributed by atoms with E-state index >= 15 is 0 Å². The molecule has 0 spiro atoms. The normalized spacial score (nSPS) is 11.4. The highest BCUT2D eigenvalue weighted by Gasteiger charge is 2.23. The molecule has 3 nitrogen and oxygen atoms in total. The first kappa shape index (κ1) is 11.6. The predicted octanol–water partition coefficient (Wildman–Crippen LogP) is 0.382. The van der Waals surface area contributed by atoms with Crippen LogP contribution in [0.4, 0.5) is 0 Å². The third kappa shape index (κ3) is 4.49. The van der Waals surface area contributed by atoms with Gasteiger partial charge in [-0.2, -0.15) is 5.26 Å². The molecule has 0 aromatic rings. The van der Waals surface area contributed by atoms with Crippen LogP contribution in [0.3, 0.4) is 0 Å². The van der Waals surface area contributed by atoms with Crippen molar-refractivity contribution in [1.29, 1.82) is 5.26 Å². The first-order valence-corrected chi connectivity index (χ1v) is 5.33. The van der Waals surface area contributed by atoms with Crippen LogP contribution < -0.4 is 0 Å². The maximum atomic E-state index is 8.42. The average molecular weight is 187 g/mol. The third-order valence-electron chi connectivity index (χ3n) is 1.59. The van der Waals surface area contributed by atoms with Gasteiger partial charge in [0.2, 0.25) is 0 Å². The van der Waals surface area contributed by atoms with E-state index in [9.17, 15) is 0 Å². The molecule has 0 aliphatic rings. The molecule has 0 saturated heterocycles. The molecule has 0 heterocycles. The molecule has 12 heavy (non-hydrogen) atoms. The molecule has 0 fully saturated rings. The van der Waals surface area contributed by atoms with Gasteiger partial charge in [-0.15, -0.1) is 0 Å². The van der Waals surface area contributed by atoms with E-state index in [1.807, 2.05) is 13.8 Å². The van der Waals surface area contributed by atoms with E-state index in [4.69, 9.17) is 14.7 Å². The van der Waals surface area contributed by atoms with Crippen molar-refractivity contribution >= 4 is 10.2 Å². The molecule has 70 valence electrons. The lowest BCUT2D eigenvalue weighted by atomic mass is 10.3. The highest BCUT2D eigenvalue weighted by molar-refractivity contribution is 6.13. The van der Waals surface area contributed by atoms with Gasteiger partial charge >= 0.3 is 0 Å². The molecular formula is C8H17NO2Si. The molecule has 0 bridgehead atoms. The van der Waals surface area contributed by atoms with Crippen molar-refractivity contribution in [3.8, 4) is 6.07 Å². The van der Waals surface area contributed by atoms with Gasteiger partial charge in [0.25, 0.3) is 0 Å². The lowest BCUT2D eigenvalue weighted by molar-refractivity contribution is -0.175. The molecule has 0 aliphatic heterocycles. The van der Waals surface area contributed by atoms with Crippen LogP contribution in [-0.2, 0) is 9.47 Å². The highest BCUT2D eigenvalue weighted by Crippen LogP contribution is 2.15. The van der Waals surface area contributed by atoms with Crippen LogP contribution in [0.2, 0.25) is 0 Å². The maximum Gasteiger partial charge on any atom is 0.142 e. The molecule has 0 aromatic carbocycles. The Balaban J connectivity index is 3.90. The summed E-state index contributed by atoms with van der Waals surface area (Å²) in [6, 6.07) is 2.10. The first-order chi connectivity index (χ1) is 5.68. The van der Waals surface area contributed by atoms with Crippen molar-refractivity contribution in [1.82, 2.24) is 0 Å². The van der Waals surface area contributed by atoms with E-state index in [0.717, 1.165) is 10.2 Å². The second-order valence-corrected chi connectivity index (χ2v) is 4.18. The summed E-state index contributed by atoms with van der Waals surface area (Å²) in [6.45, 7) is 5.18. The molecule has 0 rings (SSSR count). The number of hydrogen-bond donors (Lipinski definition) is 0. The quantitative estimate of drug-likeness (QED) is 0.446. The molecule has 0 radical (unpaired) electrons. The fraction of sp³-hybridized carbons (Fsp3) is 0.875. The minimum atomic E-state index is -0.431. The Morgan fingerprint density at radius 2 is 1.83 bits per heavy atom. The average Bonchev–Trinajstić information content (AvgIpc) is 2.02. The summed E-state index contributed by atoms with van der Waals surface area (Å²) in [5.74, 6) is 0.